The van der Waals surface area contributed by atoms with E-state index >= 15 is 0 Å². The molecule has 0 aliphatic rings. The van der Waals surface area contributed by atoms with Gasteiger partial charge in [0.05, 0.1) is 23.8 Å². The van der Waals surface area contributed by atoms with E-state index in [1.807, 2.05) is 0 Å². The van der Waals surface area contributed by atoms with E-state index in [2.05, 4.69) is 4.98 Å². The molecule has 1 heterocycles. The lowest BCUT2D eigenvalue weighted by atomic mass is 10.3. The average Bonchev–Trinajstić information content (AvgIpc) is 2.50. The molecular weight excluding hydrogens is 354 g/mol. The van der Waals surface area contributed by atoms with Crippen molar-refractivity contribution in [2.45, 2.75) is 12.6 Å². The first-order chi connectivity index (χ1) is 11.3. The Bertz CT molecular complexity index is 710. The molecule has 1 aromatic carbocycles. The summed E-state index contributed by atoms with van der Waals surface area (Å²) >= 11 is 5.71. The third-order valence-electron chi connectivity index (χ3n) is 2.85. The Morgan fingerprint density at radius 2 is 1.83 bits per heavy atom. The molecule has 0 spiro atoms. The Hall–Kier alpha value is -2.22. The summed E-state index contributed by atoms with van der Waals surface area (Å²) in [5.41, 5.74) is -1.18. The number of pyridine rings is 1. The van der Waals surface area contributed by atoms with Gasteiger partial charge in [-0.15, -0.1) is 0 Å². The molecule has 0 atom stereocenters. The molecule has 0 aliphatic heterocycles. The number of benzene rings is 1. The number of alkyl halides is 3. The summed E-state index contributed by atoms with van der Waals surface area (Å²) in [7, 11) is 0. The Morgan fingerprint density at radius 3 is 2.46 bits per heavy atom. The molecular formula is C15H12ClF4NO3. The zero-order valence-corrected chi connectivity index (χ0v) is 12.9. The lowest BCUT2D eigenvalue weighted by Gasteiger charge is -2.10. The molecule has 0 bridgehead atoms. The van der Waals surface area contributed by atoms with Gasteiger partial charge in [-0.2, -0.15) is 13.2 Å². The van der Waals surface area contributed by atoms with Crippen molar-refractivity contribution in [1.82, 2.24) is 4.98 Å². The number of phenolic OH excluding ortho intramolecular Hbond substituents is 1. The minimum absolute atomic E-state index is 0.00109. The van der Waals surface area contributed by atoms with E-state index in [-0.39, 0.29) is 24.0 Å². The van der Waals surface area contributed by atoms with Gasteiger partial charge in [0.2, 0.25) is 5.88 Å². The third-order valence-corrected chi connectivity index (χ3v) is 3.15. The predicted molar refractivity (Wildman–Crippen MR) is 77.9 cm³/mol. The van der Waals surface area contributed by atoms with E-state index in [1.165, 1.54) is 18.2 Å². The van der Waals surface area contributed by atoms with Crippen LogP contribution in [0.15, 0.2) is 30.5 Å². The lowest BCUT2D eigenvalue weighted by Crippen LogP contribution is -2.09. The van der Waals surface area contributed by atoms with Gasteiger partial charge in [-0.05, 0) is 18.2 Å². The average molecular weight is 366 g/mol. The first-order valence-electron chi connectivity index (χ1n) is 6.74. The standard InChI is InChI=1S/C15H12ClF4NO3/c16-11-7-10(2-3-13(11)22)23-4-1-5-24-14-12(17)6-9(8-21-14)15(18,19)20/h2-3,6-8,22H,1,4-5H2. The van der Waals surface area contributed by atoms with Gasteiger partial charge >= 0.3 is 6.18 Å². The Labute approximate surface area is 139 Å². The first-order valence-corrected chi connectivity index (χ1v) is 7.12. The van der Waals surface area contributed by atoms with Crippen molar-refractivity contribution >= 4 is 11.6 Å². The summed E-state index contributed by atoms with van der Waals surface area (Å²) < 4.78 is 60.9. The molecule has 2 aromatic rings. The molecule has 9 heteroatoms. The molecule has 0 amide bonds. The van der Waals surface area contributed by atoms with Crippen molar-refractivity contribution in [3.05, 3.63) is 46.9 Å². The summed E-state index contributed by atoms with van der Waals surface area (Å²) in [6.07, 6.45) is -3.82. The van der Waals surface area contributed by atoms with Gasteiger partial charge in [0.1, 0.15) is 11.5 Å². The molecule has 0 radical (unpaired) electrons. The number of hydrogen-bond donors (Lipinski definition) is 1. The van der Waals surface area contributed by atoms with Crippen LogP contribution in [0.2, 0.25) is 5.02 Å². The van der Waals surface area contributed by atoms with Gasteiger partial charge in [0.15, 0.2) is 5.82 Å². The zero-order valence-electron chi connectivity index (χ0n) is 12.1. The Morgan fingerprint density at radius 1 is 1.12 bits per heavy atom. The highest BCUT2D eigenvalue weighted by Gasteiger charge is 2.32. The highest BCUT2D eigenvalue weighted by Crippen LogP contribution is 2.30. The van der Waals surface area contributed by atoms with Crippen LogP contribution in [0.1, 0.15) is 12.0 Å². The number of phenols is 1. The number of hydrogen-bond acceptors (Lipinski definition) is 4. The fourth-order valence-electron chi connectivity index (χ4n) is 1.68. The summed E-state index contributed by atoms with van der Waals surface area (Å²) in [6, 6.07) is 4.64. The van der Waals surface area contributed by atoms with E-state index in [9.17, 15) is 22.7 Å². The normalized spacial score (nSPS) is 11.4. The van der Waals surface area contributed by atoms with Crippen LogP contribution in [0.4, 0.5) is 17.6 Å². The van der Waals surface area contributed by atoms with E-state index in [0.717, 1.165) is 0 Å². The molecule has 0 aliphatic carbocycles. The molecule has 1 aromatic heterocycles. The van der Waals surface area contributed by atoms with Gasteiger partial charge in [-0.1, -0.05) is 11.6 Å². The smallest absolute Gasteiger partial charge is 0.417 e. The maximum absolute atomic E-state index is 13.5. The molecule has 0 unspecified atom stereocenters. The van der Waals surface area contributed by atoms with Crippen molar-refractivity contribution in [2.24, 2.45) is 0 Å². The van der Waals surface area contributed by atoms with Crippen molar-refractivity contribution in [3.63, 3.8) is 0 Å². The highest BCUT2D eigenvalue weighted by atomic mass is 35.5. The molecule has 0 fully saturated rings. The second kappa shape index (κ2) is 7.57. The second-order valence-electron chi connectivity index (χ2n) is 4.67. The Kier molecular flexibility index (Phi) is 5.71. The topological polar surface area (TPSA) is 51.6 Å². The number of aromatic hydroxyl groups is 1. The molecule has 2 rings (SSSR count). The van der Waals surface area contributed by atoms with Crippen LogP contribution in [-0.2, 0) is 6.18 Å². The van der Waals surface area contributed by atoms with Crippen LogP contribution in [0.3, 0.4) is 0 Å². The number of rotatable bonds is 6. The molecule has 0 saturated heterocycles. The van der Waals surface area contributed by atoms with Gasteiger partial charge in [0, 0.05) is 18.7 Å². The monoisotopic (exact) mass is 365 g/mol. The van der Waals surface area contributed by atoms with Crippen molar-refractivity contribution < 1.29 is 32.1 Å². The van der Waals surface area contributed by atoms with E-state index in [4.69, 9.17) is 21.1 Å². The summed E-state index contributed by atoms with van der Waals surface area (Å²) in [5.74, 6) is -1.33. The van der Waals surface area contributed by atoms with E-state index in [1.54, 1.807) is 0 Å². The van der Waals surface area contributed by atoms with E-state index < -0.39 is 23.4 Å². The van der Waals surface area contributed by atoms with Crippen LogP contribution in [-0.4, -0.2) is 23.3 Å². The number of ether oxygens (including phenoxy) is 2. The summed E-state index contributed by atoms with van der Waals surface area (Å²) in [5, 5.41) is 9.39. The van der Waals surface area contributed by atoms with Crippen LogP contribution in [0.25, 0.3) is 0 Å². The molecule has 24 heavy (non-hydrogen) atoms. The van der Waals surface area contributed by atoms with Crippen LogP contribution >= 0.6 is 11.6 Å². The van der Waals surface area contributed by atoms with Crippen LogP contribution in [0.5, 0.6) is 17.4 Å². The number of nitrogens with zero attached hydrogens (tertiary/aromatic N) is 1. The second-order valence-corrected chi connectivity index (χ2v) is 5.08. The van der Waals surface area contributed by atoms with Gasteiger partial charge in [-0.25, -0.2) is 9.37 Å². The van der Waals surface area contributed by atoms with Crippen molar-refractivity contribution in [1.29, 1.82) is 0 Å². The van der Waals surface area contributed by atoms with Crippen LogP contribution in [0, 0.1) is 5.82 Å². The minimum atomic E-state index is -4.66. The van der Waals surface area contributed by atoms with Gasteiger partial charge in [-0.3, -0.25) is 0 Å². The summed E-state index contributed by atoms with van der Waals surface area (Å²) in [6.45, 7) is 0.199. The van der Waals surface area contributed by atoms with Crippen molar-refractivity contribution in [2.75, 3.05) is 13.2 Å². The predicted octanol–water partition coefficient (Wildman–Crippen LogP) is 4.45. The maximum Gasteiger partial charge on any atom is 0.417 e. The zero-order chi connectivity index (χ0) is 17.7. The molecule has 4 nitrogen and oxygen atoms in total. The number of halogens is 5. The maximum atomic E-state index is 13.5. The quantitative estimate of drug-likeness (QED) is 0.607. The molecule has 130 valence electrons. The van der Waals surface area contributed by atoms with Crippen LogP contribution < -0.4 is 9.47 Å². The summed E-state index contributed by atoms with van der Waals surface area (Å²) in [4.78, 5) is 3.32. The first kappa shape index (κ1) is 18.1. The Balaban J connectivity index is 1.79. The van der Waals surface area contributed by atoms with Crippen molar-refractivity contribution in [3.8, 4) is 17.4 Å². The highest BCUT2D eigenvalue weighted by molar-refractivity contribution is 6.32. The largest absolute Gasteiger partial charge is 0.506 e. The number of aromatic nitrogens is 1. The van der Waals surface area contributed by atoms with E-state index in [0.29, 0.717) is 24.4 Å². The van der Waals surface area contributed by atoms with Gasteiger partial charge < -0.3 is 14.6 Å². The fraction of sp³-hybridized carbons (Fsp3) is 0.267. The molecule has 0 saturated carbocycles. The fourth-order valence-corrected chi connectivity index (χ4v) is 1.85. The molecule has 1 N–H and O–H groups in total. The SMILES string of the molecule is Oc1ccc(OCCCOc2ncc(C(F)(F)F)cc2F)cc1Cl. The minimum Gasteiger partial charge on any atom is -0.506 e. The lowest BCUT2D eigenvalue weighted by molar-refractivity contribution is -0.138. The third kappa shape index (κ3) is 4.89. The van der Waals surface area contributed by atoms with Gasteiger partial charge in [0.25, 0.3) is 0 Å².